The number of carbonyl (C=O) groups is 2. The fourth-order valence-electron chi connectivity index (χ4n) is 0.839. The summed E-state index contributed by atoms with van der Waals surface area (Å²) in [5, 5.41) is 20.6. The molecule has 0 unspecified atom stereocenters. The van der Waals surface area contributed by atoms with E-state index in [0.717, 1.165) is 12.1 Å². The zero-order valence-corrected chi connectivity index (χ0v) is 16.5. The number of benzene rings is 1. The average molecular weight is 268 g/mol. The van der Waals surface area contributed by atoms with Crippen molar-refractivity contribution in [1.29, 1.82) is 0 Å². The quantitative estimate of drug-likeness (QED) is 0.495. The summed E-state index contributed by atoms with van der Waals surface area (Å²) in [5.74, 6) is -3.04. The van der Waals surface area contributed by atoms with E-state index in [0.29, 0.717) is 0 Å². The second kappa shape index (κ2) is 13.2. The molecule has 0 amide bonds. The van der Waals surface area contributed by atoms with Gasteiger partial charge < -0.3 is 26.7 Å². The van der Waals surface area contributed by atoms with Crippen LogP contribution >= 0.6 is 0 Å². The molecule has 8 heteroatoms. The summed E-state index contributed by atoms with van der Waals surface area (Å²) < 4.78 is 0. The largest absolute Gasteiger partial charge is 1.00 e. The van der Waals surface area contributed by atoms with E-state index in [1.807, 2.05) is 0 Å². The Morgan fingerprint density at radius 2 is 1.25 bits per heavy atom. The van der Waals surface area contributed by atoms with E-state index in [2.05, 4.69) is 0 Å². The summed E-state index contributed by atoms with van der Waals surface area (Å²) in [6.07, 6.45) is 0. The van der Waals surface area contributed by atoms with Crippen molar-refractivity contribution in [2.45, 2.75) is 0 Å². The summed E-state index contributed by atoms with van der Waals surface area (Å²) in [4.78, 5) is 20.6. The van der Waals surface area contributed by atoms with E-state index in [1.165, 1.54) is 12.1 Å². The molecular formula is C8H7KNa2O5. The topological polar surface area (TPSA) is 110 Å². The van der Waals surface area contributed by atoms with Gasteiger partial charge in [-0.05, 0) is 0 Å². The molecule has 0 saturated heterocycles. The van der Waals surface area contributed by atoms with Gasteiger partial charge in [-0.3, -0.25) is 0 Å². The standard InChI is InChI=1S/C8H6O4.K.2Na.H2O.H/c9-7(10)5-3-1-2-4-6(5)8(11)12;;;;;/h1-4H,(H,9,10)(H,11,12);;;;1H2;/q;3*+1;;-1/p-2. The Morgan fingerprint density at radius 3 is 1.44 bits per heavy atom. The SMILES string of the molecule is O=C([O-])c1ccccc1C(=O)[O-].[H+].[H-].[K+].[Na+].[Na+].[OH-]. The third-order valence-corrected chi connectivity index (χ3v) is 1.37. The number of hydrogen-bond acceptors (Lipinski definition) is 5. The van der Waals surface area contributed by atoms with Gasteiger partial charge >= 0.3 is 112 Å². The maximum Gasteiger partial charge on any atom is 1.00 e. The molecule has 0 radical (unpaired) electrons. The van der Waals surface area contributed by atoms with Crippen LogP contribution in [0.5, 0.6) is 0 Å². The third-order valence-electron chi connectivity index (χ3n) is 1.37. The fourth-order valence-corrected chi connectivity index (χ4v) is 0.839. The number of carboxylic acid groups (broad SMARTS) is 2. The summed E-state index contributed by atoms with van der Waals surface area (Å²) in [6.45, 7) is 0. The Bertz CT molecular complexity index is 321. The van der Waals surface area contributed by atoms with Crippen molar-refractivity contribution in [3.8, 4) is 0 Å². The van der Waals surface area contributed by atoms with E-state index in [-0.39, 0.29) is 130 Å². The van der Waals surface area contributed by atoms with Gasteiger partial charge in [-0.2, -0.15) is 0 Å². The van der Waals surface area contributed by atoms with Gasteiger partial charge in [0.15, 0.2) is 0 Å². The molecule has 0 spiro atoms. The Labute approximate surface area is 182 Å². The van der Waals surface area contributed by atoms with Crippen molar-refractivity contribution in [1.82, 2.24) is 0 Å². The molecule has 1 aromatic rings. The van der Waals surface area contributed by atoms with Gasteiger partial charge in [-0.15, -0.1) is 0 Å². The molecule has 72 valence electrons. The van der Waals surface area contributed by atoms with Crippen molar-refractivity contribution in [2.24, 2.45) is 0 Å². The normalized spacial score (nSPS) is 7.00. The van der Waals surface area contributed by atoms with E-state index in [1.54, 1.807) is 0 Å². The number of carboxylic acids is 2. The first kappa shape index (κ1) is 26.3. The van der Waals surface area contributed by atoms with Crippen LogP contribution < -0.4 is 121 Å². The zero-order chi connectivity index (χ0) is 9.14. The Hall–Kier alpha value is 1.76. The summed E-state index contributed by atoms with van der Waals surface area (Å²) in [7, 11) is 0. The second-order valence-corrected chi connectivity index (χ2v) is 2.12. The van der Waals surface area contributed by atoms with E-state index in [4.69, 9.17) is 0 Å². The molecule has 0 heterocycles. The molecule has 16 heavy (non-hydrogen) atoms. The first-order chi connectivity index (χ1) is 5.63. The fraction of sp³-hybridized carbons (Fsp3) is 0. The molecule has 0 fully saturated rings. The van der Waals surface area contributed by atoms with Gasteiger partial charge in [0.2, 0.25) is 0 Å². The molecule has 1 aromatic carbocycles. The van der Waals surface area contributed by atoms with Crippen LogP contribution in [0.25, 0.3) is 0 Å². The van der Waals surface area contributed by atoms with Crippen LogP contribution in [0.2, 0.25) is 0 Å². The molecule has 1 N–H and O–H groups in total. The molecule has 0 aliphatic carbocycles. The Kier molecular flexibility index (Phi) is 21.7. The number of rotatable bonds is 2. The molecule has 0 saturated carbocycles. The van der Waals surface area contributed by atoms with E-state index in [9.17, 15) is 19.8 Å². The minimum atomic E-state index is -1.52. The number of carbonyl (C=O) groups excluding carboxylic acids is 2. The summed E-state index contributed by atoms with van der Waals surface area (Å²) in [5.41, 5.74) is -0.727. The van der Waals surface area contributed by atoms with Crippen LogP contribution in [0, 0.1) is 0 Å². The number of hydrogen-bond donors (Lipinski definition) is 0. The molecule has 0 aliphatic heterocycles. The molecule has 5 nitrogen and oxygen atoms in total. The van der Waals surface area contributed by atoms with Gasteiger partial charge in [-0.1, -0.05) is 24.3 Å². The molecule has 0 atom stereocenters. The maximum absolute atomic E-state index is 10.3. The third kappa shape index (κ3) is 7.96. The molecule has 0 aromatic heterocycles. The van der Waals surface area contributed by atoms with Crippen LogP contribution in [-0.4, -0.2) is 17.4 Å². The van der Waals surface area contributed by atoms with Gasteiger partial charge in [-0.25, -0.2) is 0 Å². The van der Waals surface area contributed by atoms with Crippen LogP contribution in [0.3, 0.4) is 0 Å². The predicted octanol–water partition coefficient (Wildman–Crippen LogP) is -10.5. The van der Waals surface area contributed by atoms with E-state index >= 15 is 0 Å². The second-order valence-electron chi connectivity index (χ2n) is 2.12. The first-order valence-electron chi connectivity index (χ1n) is 3.14. The minimum Gasteiger partial charge on any atom is -1.00 e. The summed E-state index contributed by atoms with van der Waals surface area (Å²) >= 11 is 0. The van der Waals surface area contributed by atoms with Crippen LogP contribution in [0.15, 0.2) is 24.3 Å². The van der Waals surface area contributed by atoms with Crippen molar-refractivity contribution in [3.05, 3.63) is 35.4 Å². The van der Waals surface area contributed by atoms with Crippen molar-refractivity contribution in [3.63, 3.8) is 0 Å². The number of aromatic carboxylic acids is 2. The smallest absolute Gasteiger partial charge is 1.00 e. The average Bonchev–Trinajstić information content (AvgIpc) is 2.04. The maximum atomic E-state index is 10.3. The molecular weight excluding hydrogens is 261 g/mol. The van der Waals surface area contributed by atoms with Crippen molar-refractivity contribution in [2.75, 3.05) is 0 Å². The Balaban J connectivity index is -0.0000000600. The first-order valence-corrected chi connectivity index (χ1v) is 3.14. The predicted molar refractivity (Wildman–Crippen MR) is 39.3 cm³/mol. The van der Waals surface area contributed by atoms with E-state index < -0.39 is 11.9 Å². The zero-order valence-electron chi connectivity index (χ0n) is 11.4. The Morgan fingerprint density at radius 1 is 1.00 bits per heavy atom. The molecule has 0 aliphatic rings. The van der Waals surface area contributed by atoms with Gasteiger partial charge in [0, 0.05) is 11.1 Å². The molecule has 1 rings (SSSR count). The van der Waals surface area contributed by atoms with Crippen LogP contribution in [-0.2, 0) is 0 Å². The minimum absolute atomic E-state index is 0. The van der Waals surface area contributed by atoms with Gasteiger partial charge in [0.25, 0.3) is 0 Å². The van der Waals surface area contributed by atoms with Crippen molar-refractivity contribution < 1.29 is 139 Å². The molecule has 0 bridgehead atoms. The van der Waals surface area contributed by atoms with Gasteiger partial charge in [0.05, 0.1) is 11.9 Å². The van der Waals surface area contributed by atoms with Gasteiger partial charge in [0.1, 0.15) is 0 Å². The van der Waals surface area contributed by atoms with Crippen LogP contribution in [0.1, 0.15) is 23.6 Å². The van der Waals surface area contributed by atoms with Crippen molar-refractivity contribution >= 4 is 11.9 Å². The summed E-state index contributed by atoms with van der Waals surface area (Å²) in [6, 6.07) is 5.14. The monoisotopic (exact) mass is 268 g/mol. The van der Waals surface area contributed by atoms with Crippen LogP contribution in [0.4, 0.5) is 0 Å².